The molecule has 3 amide bonds. The SMILES string of the molecule is COc1sc(Br)cc1C.O=CNC1CCC(=O)NC1=O. The van der Waals surface area contributed by atoms with E-state index < -0.39 is 11.9 Å². The molecule has 1 aliphatic heterocycles. The Balaban J connectivity index is 0.000000204. The molecular formula is C12H15BrN2O4S. The third-order valence-corrected chi connectivity index (χ3v) is 4.24. The van der Waals surface area contributed by atoms with Gasteiger partial charge in [-0.3, -0.25) is 19.7 Å². The van der Waals surface area contributed by atoms with Crippen molar-refractivity contribution in [2.75, 3.05) is 7.11 Å². The third-order valence-electron chi connectivity index (χ3n) is 2.54. The van der Waals surface area contributed by atoms with Crippen LogP contribution in [0.2, 0.25) is 0 Å². The van der Waals surface area contributed by atoms with Gasteiger partial charge in [-0.15, -0.1) is 0 Å². The number of halogens is 1. The van der Waals surface area contributed by atoms with Gasteiger partial charge in [0.25, 0.3) is 0 Å². The van der Waals surface area contributed by atoms with Crippen LogP contribution in [0.1, 0.15) is 18.4 Å². The summed E-state index contributed by atoms with van der Waals surface area (Å²) in [5.41, 5.74) is 1.19. The Bertz CT molecular complexity index is 504. The highest BCUT2D eigenvalue weighted by Gasteiger charge is 2.25. The number of hydrogen-bond acceptors (Lipinski definition) is 5. The van der Waals surface area contributed by atoms with Crippen LogP contribution in [0, 0.1) is 6.92 Å². The second kappa shape index (κ2) is 8.01. The summed E-state index contributed by atoms with van der Waals surface area (Å²) in [6, 6.07) is 1.51. The van der Waals surface area contributed by atoms with E-state index in [9.17, 15) is 14.4 Å². The molecule has 1 aromatic heterocycles. The van der Waals surface area contributed by atoms with Gasteiger partial charge < -0.3 is 10.1 Å². The van der Waals surface area contributed by atoms with E-state index in [-0.39, 0.29) is 12.3 Å². The molecule has 1 atom stereocenters. The smallest absolute Gasteiger partial charge is 0.249 e. The van der Waals surface area contributed by atoms with Gasteiger partial charge in [0.05, 0.1) is 10.9 Å². The second-order valence-electron chi connectivity index (χ2n) is 4.01. The van der Waals surface area contributed by atoms with Gasteiger partial charge in [0.1, 0.15) is 6.04 Å². The van der Waals surface area contributed by atoms with Crippen molar-refractivity contribution in [3.63, 3.8) is 0 Å². The summed E-state index contributed by atoms with van der Waals surface area (Å²) in [5, 5.41) is 5.41. The van der Waals surface area contributed by atoms with Gasteiger partial charge in [0.15, 0.2) is 5.06 Å². The molecule has 0 radical (unpaired) electrons. The molecule has 6 nitrogen and oxygen atoms in total. The van der Waals surface area contributed by atoms with Crippen LogP contribution in [-0.2, 0) is 14.4 Å². The Hall–Kier alpha value is -1.41. The highest BCUT2D eigenvalue weighted by atomic mass is 79.9. The number of carbonyl (C=O) groups excluding carboxylic acids is 3. The summed E-state index contributed by atoms with van der Waals surface area (Å²) in [6.45, 7) is 2.03. The predicted molar refractivity (Wildman–Crippen MR) is 78.7 cm³/mol. The lowest BCUT2D eigenvalue weighted by Gasteiger charge is -2.19. The van der Waals surface area contributed by atoms with Crippen LogP contribution in [0.25, 0.3) is 0 Å². The minimum Gasteiger partial charge on any atom is -0.487 e. The Morgan fingerprint density at radius 3 is 2.65 bits per heavy atom. The fourth-order valence-corrected chi connectivity index (χ4v) is 3.07. The number of carbonyl (C=O) groups is 3. The molecule has 0 bridgehead atoms. The molecule has 1 aliphatic rings. The molecule has 2 N–H and O–H groups in total. The zero-order valence-corrected chi connectivity index (χ0v) is 13.5. The average Bonchev–Trinajstić information content (AvgIpc) is 2.72. The monoisotopic (exact) mass is 362 g/mol. The van der Waals surface area contributed by atoms with Gasteiger partial charge in [-0.1, -0.05) is 11.3 Å². The van der Waals surface area contributed by atoms with E-state index in [0.29, 0.717) is 12.8 Å². The van der Waals surface area contributed by atoms with Crippen LogP contribution in [0.4, 0.5) is 0 Å². The lowest BCUT2D eigenvalue weighted by atomic mass is 10.1. The van der Waals surface area contributed by atoms with Gasteiger partial charge in [0, 0.05) is 12.0 Å². The zero-order chi connectivity index (χ0) is 15.1. The van der Waals surface area contributed by atoms with Gasteiger partial charge in [0.2, 0.25) is 18.2 Å². The van der Waals surface area contributed by atoms with Crippen LogP contribution in [0.15, 0.2) is 9.85 Å². The van der Waals surface area contributed by atoms with Crippen molar-refractivity contribution in [1.29, 1.82) is 0 Å². The first kappa shape index (κ1) is 16.6. The molecule has 110 valence electrons. The van der Waals surface area contributed by atoms with Gasteiger partial charge in [-0.05, 0) is 35.3 Å². The maximum atomic E-state index is 10.8. The molecular weight excluding hydrogens is 348 g/mol. The van der Waals surface area contributed by atoms with E-state index in [0.717, 1.165) is 8.85 Å². The van der Waals surface area contributed by atoms with E-state index >= 15 is 0 Å². The van der Waals surface area contributed by atoms with Crippen LogP contribution >= 0.6 is 27.3 Å². The minimum absolute atomic E-state index is 0.279. The van der Waals surface area contributed by atoms with Crippen molar-refractivity contribution in [3.05, 3.63) is 15.4 Å². The average molecular weight is 363 g/mol. The maximum absolute atomic E-state index is 10.8. The molecule has 8 heteroatoms. The Morgan fingerprint density at radius 2 is 2.25 bits per heavy atom. The van der Waals surface area contributed by atoms with Crippen molar-refractivity contribution >= 4 is 45.5 Å². The number of rotatable bonds is 3. The highest BCUT2D eigenvalue weighted by Crippen LogP contribution is 2.32. The minimum atomic E-state index is -0.537. The third kappa shape index (κ3) is 4.93. The molecule has 2 heterocycles. The van der Waals surface area contributed by atoms with Crippen molar-refractivity contribution in [1.82, 2.24) is 10.6 Å². The van der Waals surface area contributed by atoms with E-state index in [2.05, 4.69) is 26.6 Å². The van der Waals surface area contributed by atoms with E-state index in [1.807, 2.05) is 13.0 Å². The Labute approximate surface area is 129 Å². The second-order valence-corrected chi connectivity index (χ2v) is 6.41. The summed E-state index contributed by atoms with van der Waals surface area (Å²) in [5.74, 6) is -0.702. The molecule has 1 aromatic rings. The molecule has 1 fully saturated rings. The van der Waals surface area contributed by atoms with Crippen molar-refractivity contribution in [2.45, 2.75) is 25.8 Å². The number of amides is 3. The van der Waals surface area contributed by atoms with Crippen molar-refractivity contribution in [3.8, 4) is 5.06 Å². The van der Waals surface area contributed by atoms with Crippen LogP contribution in [0.5, 0.6) is 5.06 Å². The number of aryl methyl sites for hydroxylation is 1. The Morgan fingerprint density at radius 1 is 1.55 bits per heavy atom. The van der Waals surface area contributed by atoms with Crippen LogP contribution in [-0.4, -0.2) is 31.4 Å². The van der Waals surface area contributed by atoms with E-state index in [1.165, 1.54) is 5.56 Å². The summed E-state index contributed by atoms with van der Waals surface area (Å²) in [4.78, 5) is 31.3. The maximum Gasteiger partial charge on any atom is 0.249 e. The lowest BCUT2D eigenvalue weighted by molar-refractivity contribution is -0.135. The number of hydrogen-bond donors (Lipinski definition) is 2. The first-order chi connectivity index (χ1) is 9.47. The highest BCUT2D eigenvalue weighted by molar-refractivity contribution is 9.11. The van der Waals surface area contributed by atoms with Gasteiger partial charge >= 0.3 is 0 Å². The molecule has 1 unspecified atom stereocenters. The summed E-state index contributed by atoms with van der Waals surface area (Å²) in [6.07, 6.45) is 1.14. The predicted octanol–water partition coefficient (Wildman–Crippen LogP) is 1.37. The summed E-state index contributed by atoms with van der Waals surface area (Å²) in [7, 11) is 1.69. The number of ether oxygens (including phenoxy) is 1. The molecule has 20 heavy (non-hydrogen) atoms. The zero-order valence-electron chi connectivity index (χ0n) is 11.1. The summed E-state index contributed by atoms with van der Waals surface area (Å²) < 4.78 is 6.18. The van der Waals surface area contributed by atoms with Crippen LogP contribution < -0.4 is 15.4 Å². The number of methoxy groups -OCH3 is 1. The van der Waals surface area contributed by atoms with Crippen LogP contribution in [0.3, 0.4) is 0 Å². The number of nitrogens with one attached hydrogen (secondary N) is 2. The molecule has 0 aliphatic carbocycles. The first-order valence-electron chi connectivity index (χ1n) is 5.81. The topological polar surface area (TPSA) is 84.5 Å². The van der Waals surface area contributed by atoms with E-state index in [1.54, 1.807) is 18.4 Å². The van der Waals surface area contributed by atoms with Crippen molar-refractivity contribution < 1.29 is 19.1 Å². The normalized spacial score (nSPS) is 17.6. The lowest BCUT2D eigenvalue weighted by Crippen LogP contribution is -2.50. The quantitative estimate of drug-likeness (QED) is 0.628. The molecule has 0 aromatic carbocycles. The number of thiophene rings is 1. The molecule has 1 saturated heterocycles. The number of piperidine rings is 1. The van der Waals surface area contributed by atoms with Crippen molar-refractivity contribution in [2.24, 2.45) is 0 Å². The van der Waals surface area contributed by atoms with Gasteiger partial charge in [-0.25, -0.2) is 0 Å². The van der Waals surface area contributed by atoms with Gasteiger partial charge in [-0.2, -0.15) is 0 Å². The fourth-order valence-electron chi connectivity index (χ4n) is 1.57. The number of imide groups is 1. The summed E-state index contributed by atoms with van der Waals surface area (Å²) >= 11 is 4.97. The fraction of sp³-hybridized carbons (Fsp3) is 0.417. The largest absolute Gasteiger partial charge is 0.487 e. The molecule has 0 saturated carbocycles. The Kier molecular flexibility index (Phi) is 6.66. The van der Waals surface area contributed by atoms with E-state index in [4.69, 9.17) is 4.74 Å². The standard InChI is InChI=1S/C6H7BrOS.C6H8N2O3/c1-4-3-5(7)9-6(4)8-2;9-3-7-4-1-2-5(10)8-6(4)11/h3H,1-2H3;3-4H,1-2H2,(H,7,9)(H,8,10,11). The molecule has 0 spiro atoms. The first-order valence-corrected chi connectivity index (χ1v) is 7.42. The molecule has 2 rings (SSSR count).